The van der Waals surface area contributed by atoms with Gasteiger partial charge in [0.2, 0.25) is 11.1 Å². The molecule has 6 nitrogen and oxygen atoms in total. The highest BCUT2D eigenvalue weighted by molar-refractivity contribution is 8.00. The average Bonchev–Trinajstić information content (AvgIpc) is 3.39. The predicted octanol–water partition coefficient (Wildman–Crippen LogP) is 3.73. The molecule has 1 aromatic heterocycles. The van der Waals surface area contributed by atoms with Gasteiger partial charge < -0.3 is 4.90 Å². The standard InChI is InChI=1S/C20H24N4O2S/c1-12(27-20-21-19(22-23-20)14-5-3-4-6-14)18(26)16-7-8-17-15(11-16)9-10-24(17)13(2)25/h7-8,11-12,14H,3-6,9-10H2,1-2H3,(H,21,22,23). The van der Waals surface area contributed by atoms with Crippen LogP contribution < -0.4 is 4.90 Å². The van der Waals surface area contributed by atoms with Gasteiger partial charge in [0.15, 0.2) is 5.78 Å². The van der Waals surface area contributed by atoms with Crippen LogP contribution in [0.4, 0.5) is 5.69 Å². The Labute approximate surface area is 163 Å². The maximum absolute atomic E-state index is 12.9. The van der Waals surface area contributed by atoms with Gasteiger partial charge in [0, 0.05) is 30.6 Å². The fourth-order valence-electron chi connectivity index (χ4n) is 4.02. The number of benzene rings is 1. The Morgan fingerprint density at radius 3 is 2.81 bits per heavy atom. The maximum atomic E-state index is 12.9. The van der Waals surface area contributed by atoms with E-state index in [0.29, 0.717) is 23.2 Å². The van der Waals surface area contributed by atoms with E-state index < -0.39 is 0 Å². The lowest BCUT2D eigenvalue weighted by molar-refractivity contribution is -0.116. The predicted molar refractivity (Wildman–Crippen MR) is 105 cm³/mol. The smallest absolute Gasteiger partial charge is 0.223 e. The minimum Gasteiger partial charge on any atom is -0.312 e. The lowest BCUT2D eigenvalue weighted by atomic mass is 10.0. The molecule has 1 fully saturated rings. The van der Waals surface area contributed by atoms with Crippen LogP contribution in [0.2, 0.25) is 0 Å². The first kappa shape index (κ1) is 18.2. The summed E-state index contributed by atoms with van der Waals surface area (Å²) in [6.45, 7) is 4.16. The van der Waals surface area contributed by atoms with Crippen molar-refractivity contribution in [2.45, 2.75) is 62.3 Å². The summed E-state index contributed by atoms with van der Waals surface area (Å²) in [5.41, 5.74) is 2.68. The highest BCUT2D eigenvalue weighted by atomic mass is 32.2. The van der Waals surface area contributed by atoms with Gasteiger partial charge in [0.1, 0.15) is 5.82 Å². The van der Waals surface area contributed by atoms with Crippen molar-refractivity contribution in [3.8, 4) is 0 Å². The van der Waals surface area contributed by atoms with Crippen molar-refractivity contribution in [3.63, 3.8) is 0 Å². The van der Waals surface area contributed by atoms with Crippen LogP contribution >= 0.6 is 11.8 Å². The SMILES string of the molecule is CC(=O)N1CCc2cc(C(=O)C(C)Sc3n[nH]c(C4CCCC4)n3)ccc21. The summed E-state index contributed by atoms with van der Waals surface area (Å²) in [7, 11) is 0. The summed E-state index contributed by atoms with van der Waals surface area (Å²) in [5.74, 6) is 1.55. The van der Waals surface area contributed by atoms with E-state index in [1.165, 1.54) is 37.4 Å². The van der Waals surface area contributed by atoms with Gasteiger partial charge in [-0.15, -0.1) is 5.10 Å². The van der Waals surface area contributed by atoms with Crippen molar-refractivity contribution >= 4 is 29.1 Å². The molecule has 0 spiro atoms. The lowest BCUT2D eigenvalue weighted by Crippen LogP contribution is -2.25. The van der Waals surface area contributed by atoms with E-state index in [-0.39, 0.29) is 16.9 Å². The molecule has 2 aromatic rings. The van der Waals surface area contributed by atoms with Gasteiger partial charge >= 0.3 is 0 Å². The Bertz CT molecular complexity index is 873. The molecule has 1 N–H and O–H groups in total. The minimum absolute atomic E-state index is 0.0411. The lowest BCUT2D eigenvalue weighted by Gasteiger charge is -2.15. The van der Waals surface area contributed by atoms with E-state index in [2.05, 4.69) is 15.2 Å². The Morgan fingerprint density at radius 1 is 1.30 bits per heavy atom. The second-order valence-electron chi connectivity index (χ2n) is 7.37. The fourth-order valence-corrected chi connectivity index (χ4v) is 4.83. The van der Waals surface area contributed by atoms with Crippen LogP contribution in [0, 0.1) is 0 Å². The molecule has 0 saturated heterocycles. The van der Waals surface area contributed by atoms with Crippen molar-refractivity contribution in [3.05, 3.63) is 35.2 Å². The third-order valence-electron chi connectivity index (χ3n) is 5.52. The first-order chi connectivity index (χ1) is 13.0. The Hall–Kier alpha value is -2.15. The summed E-state index contributed by atoms with van der Waals surface area (Å²) in [4.78, 5) is 30.9. The molecule has 2 heterocycles. The number of nitrogens with zero attached hydrogens (tertiary/aromatic N) is 3. The summed E-state index contributed by atoms with van der Waals surface area (Å²) in [6, 6.07) is 5.64. The van der Waals surface area contributed by atoms with Gasteiger partial charge in [-0.1, -0.05) is 24.6 Å². The van der Waals surface area contributed by atoms with E-state index in [1.54, 1.807) is 11.8 Å². The van der Waals surface area contributed by atoms with Gasteiger partial charge in [-0.25, -0.2) is 4.98 Å². The summed E-state index contributed by atoms with van der Waals surface area (Å²) < 4.78 is 0. The molecule has 27 heavy (non-hydrogen) atoms. The largest absolute Gasteiger partial charge is 0.312 e. The third kappa shape index (κ3) is 3.65. The average molecular weight is 385 g/mol. The minimum atomic E-state index is -0.263. The molecule has 1 unspecified atom stereocenters. The number of Topliss-reactive ketones (excluding diaryl/α,β-unsaturated/α-hetero) is 1. The Kier molecular flexibility index (Phi) is 5.04. The summed E-state index contributed by atoms with van der Waals surface area (Å²) >= 11 is 1.40. The van der Waals surface area contributed by atoms with Crippen LogP contribution in [-0.4, -0.2) is 38.7 Å². The fraction of sp³-hybridized carbons (Fsp3) is 0.500. The molecule has 2 aliphatic rings. The molecule has 1 aromatic carbocycles. The molecule has 1 saturated carbocycles. The molecule has 1 aliphatic heterocycles. The number of nitrogens with one attached hydrogen (secondary N) is 1. The molecule has 1 atom stereocenters. The number of anilines is 1. The normalized spacial score (nSPS) is 17.9. The number of hydrogen-bond donors (Lipinski definition) is 1. The number of fused-ring (bicyclic) bond motifs is 1. The molecule has 7 heteroatoms. The maximum Gasteiger partial charge on any atom is 0.223 e. The van der Waals surface area contributed by atoms with Gasteiger partial charge in [0.25, 0.3) is 0 Å². The zero-order chi connectivity index (χ0) is 19.0. The number of ketones is 1. The number of aromatic amines is 1. The second-order valence-corrected chi connectivity index (χ2v) is 8.68. The molecule has 1 aliphatic carbocycles. The van der Waals surface area contributed by atoms with Crippen LogP contribution in [0.5, 0.6) is 0 Å². The zero-order valence-corrected chi connectivity index (χ0v) is 16.5. The molecule has 4 rings (SSSR count). The number of rotatable bonds is 5. The Morgan fingerprint density at radius 2 is 2.07 bits per heavy atom. The highest BCUT2D eigenvalue weighted by Gasteiger charge is 2.26. The highest BCUT2D eigenvalue weighted by Crippen LogP contribution is 2.34. The molecule has 1 amide bonds. The monoisotopic (exact) mass is 384 g/mol. The first-order valence-electron chi connectivity index (χ1n) is 9.57. The van der Waals surface area contributed by atoms with Crippen LogP contribution in [0.3, 0.4) is 0 Å². The van der Waals surface area contributed by atoms with Gasteiger partial charge in [-0.3, -0.25) is 14.7 Å². The number of carbonyl (C=O) groups is 2. The van der Waals surface area contributed by atoms with E-state index in [0.717, 1.165) is 23.5 Å². The molecular weight excluding hydrogens is 360 g/mol. The van der Waals surface area contributed by atoms with E-state index in [1.807, 2.05) is 25.1 Å². The van der Waals surface area contributed by atoms with Crippen LogP contribution in [0.25, 0.3) is 0 Å². The van der Waals surface area contributed by atoms with Crippen LogP contribution in [0.15, 0.2) is 23.4 Å². The number of hydrogen-bond acceptors (Lipinski definition) is 5. The van der Waals surface area contributed by atoms with Gasteiger partial charge in [-0.2, -0.15) is 0 Å². The molecular formula is C20H24N4O2S. The second kappa shape index (κ2) is 7.46. The van der Waals surface area contributed by atoms with E-state index >= 15 is 0 Å². The molecule has 142 valence electrons. The van der Waals surface area contributed by atoms with Crippen LogP contribution in [0.1, 0.15) is 67.2 Å². The van der Waals surface area contributed by atoms with Crippen LogP contribution in [-0.2, 0) is 11.2 Å². The van der Waals surface area contributed by atoms with Crippen molar-refractivity contribution in [2.24, 2.45) is 0 Å². The summed E-state index contributed by atoms with van der Waals surface area (Å²) in [6.07, 6.45) is 5.63. The first-order valence-corrected chi connectivity index (χ1v) is 10.4. The number of thioether (sulfide) groups is 1. The number of amides is 1. The molecule has 0 bridgehead atoms. The third-order valence-corrected chi connectivity index (χ3v) is 6.48. The number of carbonyl (C=O) groups excluding carboxylic acids is 2. The Balaban J connectivity index is 1.44. The molecule has 0 radical (unpaired) electrons. The summed E-state index contributed by atoms with van der Waals surface area (Å²) in [5, 5.41) is 7.72. The van der Waals surface area contributed by atoms with Crippen molar-refractivity contribution < 1.29 is 9.59 Å². The number of aromatic nitrogens is 3. The van der Waals surface area contributed by atoms with E-state index in [4.69, 9.17) is 0 Å². The van der Waals surface area contributed by atoms with Crippen molar-refractivity contribution in [1.29, 1.82) is 0 Å². The topological polar surface area (TPSA) is 79.0 Å². The van der Waals surface area contributed by atoms with Crippen molar-refractivity contribution in [2.75, 3.05) is 11.4 Å². The van der Waals surface area contributed by atoms with Crippen molar-refractivity contribution in [1.82, 2.24) is 15.2 Å². The zero-order valence-electron chi connectivity index (χ0n) is 15.7. The van der Waals surface area contributed by atoms with E-state index in [9.17, 15) is 9.59 Å². The van der Waals surface area contributed by atoms with Gasteiger partial charge in [-0.05, 0) is 49.9 Å². The number of H-pyrrole nitrogens is 1. The quantitative estimate of drug-likeness (QED) is 0.628. The van der Waals surface area contributed by atoms with Gasteiger partial charge in [0.05, 0.1) is 5.25 Å².